The van der Waals surface area contributed by atoms with E-state index in [4.69, 9.17) is 11.6 Å². The van der Waals surface area contributed by atoms with Crippen LogP contribution in [0.25, 0.3) is 0 Å². The summed E-state index contributed by atoms with van der Waals surface area (Å²) in [5.74, 6) is -3.92. The Bertz CT molecular complexity index is 600. The summed E-state index contributed by atoms with van der Waals surface area (Å²) >= 11 is 6.01. The molecule has 1 saturated heterocycles. The summed E-state index contributed by atoms with van der Waals surface area (Å²) in [6.45, 7) is 1.98. The second kappa shape index (κ2) is 5.54. The lowest BCUT2D eigenvalue weighted by molar-refractivity contribution is 0.291. The van der Waals surface area contributed by atoms with Crippen LogP contribution in [0.15, 0.2) is 17.0 Å². The Kier molecular flexibility index (Phi) is 4.32. The molecule has 0 aliphatic carbocycles. The van der Waals surface area contributed by atoms with E-state index in [-0.39, 0.29) is 19.0 Å². The van der Waals surface area contributed by atoms with Gasteiger partial charge in [0.15, 0.2) is 4.90 Å². The second-order valence-electron chi connectivity index (χ2n) is 4.84. The van der Waals surface area contributed by atoms with Gasteiger partial charge in [0.1, 0.15) is 17.5 Å². The maximum absolute atomic E-state index is 13.6. The van der Waals surface area contributed by atoms with Crippen LogP contribution in [-0.4, -0.2) is 31.2 Å². The van der Waals surface area contributed by atoms with E-state index < -0.39 is 37.7 Å². The maximum atomic E-state index is 13.6. The molecule has 3 nitrogen and oxygen atoms in total. The summed E-state index contributed by atoms with van der Waals surface area (Å²) in [5.41, 5.74) is 0. The van der Waals surface area contributed by atoms with Crippen LogP contribution in [0, 0.1) is 23.4 Å². The third kappa shape index (κ3) is 2.80. The molecule has 112 valence electrons. The van der Waals surface area contributed by atoms with Crippen molar-refractivity contribution in [3.63, 3.8) is 0 Å². The van der Waals surface area contributed by atoms with Crippen LogP contribution >= 0.6 is 11.6 Å². The van der Waals surface area contributed by atoms with Crippen molar-refractivity contribution in [1.29, 1.82) is 0 Å². The number of rotatable bonds is 2. The van der Waals surface area contributed by atoms with Gasteiger partial charge in [-0.25, -0.2) is 21.6 Å². The molecule has 2 rings (SSSR count). The van der Waals surface area contributed by atoms with Gasteiger partial charge < -0.3 is 0 Å². The van der Waals surface area contributed by atoms with Gasteiger partial charge in [-0.1, -0.05) is 6.92 Å². The second-order valence-corrected chi connectivity index (χ2v) is 7.28. The lowest BCUT2D eigenvalue weighted by Gasteiger charge is -2.33. The Morgan fingerprint density at radius 3 is 2.30 bits per heavy atom. The fourth-order valence-corrected chi connectivity index (χ4v) is 4.06. The van der Waals surface area contributed by atoms with Gasteiger partial charge in [0.25, 0.3) is 0 Å². The van der Waals surface area contributed by atoms with E-state index in [2.05, 4.69) is 0 Å². The number of benzene rings is 1. The Morgan fingerprint density at radius 2 is 1.80 bits per heavy atom. The lowest BCUT2D eigenvalue weighted by atomic mass is 10.0. The van der Waals surface area contributed by atoms with Gasteiger partial charge in [-0.3, -0.25) is 0 Å². The number of piperidine rings is 1. The molecule has 1 fully saturated rings. The average molecular weight is 328 g/mol. The molecule has 2 unspecified atom stereocenters. The van der Waals surface area contributed by atoms with Crippen LogP contribution in [0.1, 0.15) is 13.3 Å². The number of halogens is 4. The first-order valence-electron chi connectivity index (χ1n) is 6.02. The minimum atomic E-state index is -4.36. The fourth-order valence-electron chi connectivity index (χ4n) is 2.12. The summed E-state index contributed by atoms with van der Waals surface area (Å²) in [6, 6.07) is 0.696. The van der Waals surface area contributed by atoms with Gasteiger partial charge in [0.2, 0.25) is 10.0 Å². The number of hydrogen-bond donors (Lipinski definition) is 0. The molecule has 0 N–H and O–H groups in total. The Balaban J connectivity index is 2.41. The highest BCUT2D eigenvalue weighted by atomic mass is 35.5. The van der Waals surface area contributed by atoms with Crippen LogP contribution in [-0.2, 0) is 10.0 Å². The normalized spacial score (nSPS) is 24.9. The topological polar surface area (TPSA) is 37.4 Å². The molecular formula is C12H13ClF3NO2S. The van der Waals surface area contributed by atoms with Crippen molar-refractivity contribution >= 4 is 21.6 Å². The van der Waals surface area contributed by atoms with Crippen molar-refractivity contribution in [2.45, 2.75) is 23.6 Å². The predicted octanol–water partition coefficient (Wildman–Crippen LogP) is 2.74. The van der Waals surface area contributed by atoms with Crippen LogP contribution in [0.4, 0.5) is 13.2 Å². The highest BCUT2D eigenvalue weighted by Gasteiger charge is 2.36. The van der Waals surface area contributed by atoms with Gasteiger partial charge in [0.05, 0.1) is 0 Å². The quantitative estimate of drug-likeness (QED) is 0.783. The van der Waals surface area contributed by atoms with Gasteiger partial charge in [-0.2, -0.15) is 4.31 Å². The smallest absolute Gasteiger partial charge is 0.207 e. The highest BCUT2D eigenvalue weighted by Crippen LogP contribution is 2.29. The van der Waals surface area contributed by atoms with E-state index in [1.807, 2.05) is 6.92 Å². The standard InChI is InChI=1S/C12H13ClF3NO2S/c1-7-2-3-17(6-9(7)13)20(18,19)12-10(15)4-8(14)5-11(12)16/h4-5,7,9H,2-3,6H2,1H3. The predicted molar refractivity (Wildman–Crippen MR) is 68.5 cm³/mol. The van der Waals surface area contributed by atoms with E-state index in [1.165, 1.54) is 0 Å². The van der Waals surface area contributed by atoms with Crippen LogP contribution in [0.5, 0.6) is 0 Å². The number of alkyl halides is 1. The summed E-state index contributed by atoms with van der Waals surface area (Å²) in [4.78, 5) is -1.13. The molecule has 0 amide bonds. The van der Waals surface area contributed by atoms with E-state index >= 15 is 0 Å². The third-order valence-corrected chi connectivity index (χ3v) is 5.88. The Morgan fingerprint density at radius 1 is 1.25 bits per heavy atom. The summed E-state index contributed by atoms with van der Waals surface area (Å²) in [6.07, 6.45) is 0.498. The molecular weight excluding hydrogens is 315 g/mol. The molecule has 8 heteroatoms. The van der Waals surface area contributed by atoms with Crippen molar-refractivity contribution in [3.05, 3.63) is 29.6 Å². The largest absolute Gasteiger partial charge is 0.248 e. The summed E-state index contributed by atoms with van der Waals surface area (Å²) in [7, 11) is -4.36. The van der Waals surface area contributed by atoms with Gasteiger partial charge in [0, 0.05) is 30.6 Å². The average Bonchev–Trinajstić information content (AvgIpc) is 2.30. The Hall–Kier alpha value is -0.790. The van der Waals surface area contributed by atoms with E-state index in [0.717, 1.165) is 4.31 Å². The van der Waals surface area contributed by atoms with E-state index in [0.29, 0.717) is 18.6 Å². The van der Waals surface area contributed by atoms with Gasteiger partial charge >= 0.3 is 0 Å². The molecule has 2 atom stereocenters. The van der Waals surface area contributed by atoms with Crippen molar-refractivity contribution in [2.24, 2.45) is 5.92 Å². The number of sulfonamides is 1. The maximum Gasteiger partial charge on any atom is 0.248 e. The molecule has 1 aromatic rings. The minimum Gasteiger partial charge on any atom is -0.207 e. The first kappa shape index (κ1) is 15.6. The molecule has 0 aromatic heterocycles. The van der Waals surface area contributed by atoms with Crippen molar-refractivity contribution in [1.82, 2.24) is 4.31 Å². The Labute approximate surface area is 120 Å². The lowest BCUT2D eigenvalue weighted by Crippen LogP contribution is -2.44. The molecule has 1 aliphatic heterocycles. The molecule has 0 bridgehead atoms. The molecule has 0 radical (unpaired) electrons. The van der Waals surface area contributed by atoms with Crippen molar-refractivity contribution < 1.29 is 21.6 Å². The first-order valence-corrected chi connectivity index (χ1v) is 7.90. The molecule has 1 aromatic carbocycles. The van der Waals surface area contributed by atoms with Gasteiger partial charge in [-0.15, -0.1) is 11.6 Å². The first-order chi connectivity index (χ1) is 9.23. The van der Waals surface area contributed by atoms with E-state index in [1.54, 1.807) is 0 Å². The summed E-state index contributed by atoms with van der Waals surface area (Å²) in [5, 5.41) is -0.426. The fraction of sp³-hybridized carbons (Fsp3) is 0.500. The van der Waals surface area contributed by atoms with E-state index in [9.17, 15) is 21.6 Å². The summed E-state index contributed by atoms with van der Waals surface area (Å²) < 4.78 is 65.5. The van der Waals surface area contributed by atoms with Crippen LogP contribution in [0.2, 0.25) is 0 Å². The number of nitrogens with zero attached hydrogens (tertiary/aromatic N) is 1. The zero-order valence-corrected chi connectivity index (χ0v) is 12.2. The highest BCUT2D eigenvalue weighted by molar-refractivity contribution is 7.89. The third-order valence-electron chi connectivity index (χ3n) is 3.39. The molecule has 1 heterocycles. The SMILES string of the molecule is CC1CCN(S(=O)(=O)c2c(F)cc(F)cc2F)CC1Cl. The minimum absolute atomic E-state index is 0.0265. The molecule has 0 saturated carbocycles. The molecule has 1 aliphatic rings. The van der Waals surface area contributed by atoms with Crippen LogP contribution in [0.3, 0.4) is 0 Å². The number of hydrogen-bond acceptors (Lipinski definition) is 2. The van der Waals surface area contributed by atoms with Gasteiger partial charge in [-0.05, 0) is 12.3 Å². The zero-order valence-electron chi connectivity index (χ0n) is 10.6. The zero-order chi connectivity index (χ0) is 15.1. The molecule has 20 heavy (non-hydrogen) atoms. The monoisotopic (exact) mass is 327 g/mol. The van der Waals surface area contributed by atoms with Crippen molar-refractivity contribution in [2.75, 3.05) is 13.1 Å². The van der Waals surface area contributed by atoms with Crippen molar-refractivity contribution in [3.8, 4) is 0 Å². The molecule has 0 spiro atoms. The van der Waals surface area contributed by atoms with Crippen LogP contribution < -0.4 is 0 Å².